The van der Waals surface area contributed by atoms with Gasteiger partial charge >= 0.3 is 0 Å². The molecule has 4 rings (SSSR count). The van der Waals surface area contributed by atoms with Crippen LogP contribution in [0.2, 0.25) is 5.02 Å². The van der Waals surface area contributed by atoms with Crippen LogP contribution in [0.3, 0.4) is 0 Å². The number of carbonyl (C=O) groups is 1. The standard InChI is InChI=1S/C22H21ClN2O3/c1-27-18-6-7-21-19(12-18)20(13-24-21)15-8-10-25(11-9-15)22(26)14-28-17-4-2-16(23)3-5-17/h2-8,12-13,24H,9-11,14H2,1H3. The summed E-state index contributed by atoms with van der Waals surface area (Å²) in [6, 6.07) is 13.0. The molecule has 1 aliphatic heterocycles. The molecule has 144 valence electrons. The highest BCUT2D eigenvalue weighted by Gasteiger charge is 2.20. The molecule has 1 aromatic heterocycles. The van der Waals surface area contributed by atoms with E-state index in [0.29, 0.717) is 23.9 Å². The van der Waals surface area contributed by atoms with Crippen LogP contribution >= 0.6 is 11.6 Å². The molecule has 0 spiro atoms. The third-order valence-corrected chi connectivity index (χ3v) is 5.22. The number of hydrogen-bond acceptors (Lipinski definition) is 3. The van der Waals surface area contributed by atoms with Crippen LogP contribution in [0.15, 0.2) is 54.7 Å². The summed E-state index contributed by atoms with van der Waals surface area (Å²) in [6.07, 6.45) is 4.94. The number of carbonyl (C=O) groups excluding carboxylic acids is 1. The van der Waals surface area contributed by atoms with Crippen LogP contribution < -0.4 is 9.47 Å². The first-order chi connectivity index (χ1) is 13.6. The predicted molar refractivity (Wildman–Crippen MR) is 111 cm³/mol. The number of aromatic nitrogens is 1. The minimum absolute atomic E-state index is 0.0224. The maximum Gasteiger partial charge on any atom is 0.260 e. The Morgan fingerprint density at radius 1 is 1.18 bits per heavy atom. The average Bonchev–Trinajstić information content (AvgIpc) is 3.16. The molecule has 5 nitrogen and oxygen atoms in total. The molecule has 0 atom stereocenters. The number of benzene rings is 2. The van der Waals surface area contributed by atoms with Gasteiger partial charge in [0.15, 0.2) is 6.61 Å². The zero-order valence-corrected chi connectivity index (χ0v) is 16.3. The molecule has 3 aromatic rings. The maximum absolute atomic E-state index is 12.5. The van der Waals surface area contributed by atoms with Gasteiger partial charge in [0.05, 0.1) is 7.11 Å². The van der Waals surface area contributed by atoms with E-state index < -0.39 is 0 Å². The first-order valence-corrected chi connectivity index (χ1v) is 9.52. The summed E-state index contributed by atoms with van der Waals surface area (Å²) < 4.78 is 10.9. The zero-order valence-electron chi connectivity index (χ0n) is 15.6. The van der Waals surface area contributed by atoms with Crippen molar-refractivity contribution in [3.8, 4) is 11.5 Å². The molecular weight excluding hydrogens is 376 g/mol. The number of rotatable bonds is 5. The monoisotopic (exact) mass is 396 g/mol. The van der Waals surface area contributed by atoms with E-state index in [4.69, 9.17) is 21.1 Å². The van der Waals surface area contributed by atoms with Gasteiger partial charge in [0, 0.05) is 40.8 Å². The molecule has 0 aliphatic carbocycles. The number of nitrogens with zero attached hydrogens (tertiary/aromatic N) is 1. The second-order valence-corrected chi connectivity index (χ2v) is 7.11. The van der Waals surface area contributed by atoms with E-state index in [1.165, 1.54) is 11.1 Å². The van der Waals surface area contributed by atoms with Gasteiger partial charge in [0.1, 0.15) is 11.5 Å². The maximum atomic E-state index is 12.5. The van der Waals surface area contributed by atoms with Gasteiger partial charge in [0.2, 0.25) is 0 Å². The van der Waals surface area contributed by atoms with Gasteiger partial charge < -0.3 is 19.4 Å². The second-order valence-electron chi connectivity index (χ2n) is 6.68. The Labute approximate surface area is 168 Å². The third kappa shape index (κ3) is 3.85. The number of amides is 1. The first kappa shape index (κ1) is 18.4. The number of halogens is 1. The molecule has 0 bridgehead atoms. The molecule has 2 heterocycles. The molecule has 0 saturated carbocycles. The summed E-state index contributed by atoms with van der Waals surface area (Å²) in [5.74, 6) is 1.45. The van der Waals surface area contributed by atoms with Crippen molar-refractivity contribution >= 4 is 34.0 Å². The van der Waals surface area contributed by atoms with E-state index in [9.17, 15) is 4.79 Å². The highest BCUT2D eigenvalue weighted by Crippen LogP contribution is 2.31. The Morgan fingerprint density at radius 2 is 1.96 bits per heavy atom. The van der Waals surface area contributed by atoms with Gasteiger partial charge in [-0.1, -0.05) is 17.7 Å². The van der Waals surface area contributed by atoms with Crippen LogP contribution in [0, 0.1) is 0 Å². The Kier molecular flexibility index (Phi) is 5.26. The van der Waals surface area contributed by atoms with Crippen LogP contribution in [0.1, 0.15) is 12.0 Å². The third-order valence-electron chi connectivity index (χ3n) is 4.97. The Balaban J connectivity index is 1.41. The summed E-state index contributed by atoms with van der Waals surface area (Å²) in [7, 11) is 1.67. The minimum Gasteiger partial charge on any atom is -0.497 e. The van der Waals surface area contributed by atoms with E-state index in [2.05, 4.69) is 11.1 Å². The van der Waals surface area contributed by atoms with Gasteiger partial charge in [-0.3, -0.25) is 4.79 Å². The number of aromatic amines is 1. The summed E-state index contributed by atoms with van der Waals surface area (Å²) in [5, 5.41) is 1.78. The lowest BCUT2D eigenvalue weighted by molar-refractivity contribution is -0.132. The summed E-state index contributed by atoms with van der Waals surface area (Å²) in [4.78, 5) is 17.6. The van der Waals surface area contributed by atoms with Crippen molar-refractivity contribution < 1.29 is 14.3 Å². The lowest BCUT2D eigenvalue weighted by Gasteiger charge is -2.26. The highest BCUT2D eigenvalue weighted by molar-refractivity contribution is 6.30. The van der Waals surface area contributed by atoms with Crippen LogP contribution in [0.25, 0.3) is 16.5 Å². The molecule has 2 aromatic carbocycles. The van der Waals surface area contributed by atoms with Crippen LogP contribution in [-0.4, -0.2) is 42.6 Å². The number of fused-ring (bicyclic) bond motifs is 1. The summed E-state index contributed by atoms with van der Waals surface area (Å²) in [6.45, 7) is 1.27. The van der Waals surface area contributed by atoms with E-state index in [-0.39, 0.29) is 12.5 Å². The molecule has 1 N–H and O–H groups in total. The Bertz CT molecular complexity index is 1020. The molecule has 0 unspecified atom stereocenters. The number of ether oxygens (including phenoxy) is 2. The largest absolute Gasteiger partial charge is 0.497 e. The molecule has 0 radical (unpaired) electrons. The van der Waals surface area contributed by atoms with E-state index in [0.717, 1.165) is 23.1 Å². The Morgan fingerprint density at radius 3 is 2.68 bits per heavy atom. The summed E-state index contributed by atoms with van der Waals surface area (Å²) >= 11 is 5.86. The summed E-state index contributed by atoms with van der Waals surface area (Å²) in [5.41, 5.74) is 3.48. The van der Waals surface area contributed by atoms with Gasteiger partial charge in [-0.25, -0.2) is 0 Å². The quantitative estimate of drug-likeness (QED) is 0.689. The fourth-order valence-electron chi connectivity index (χ4n) is 3.40. The molecule has 6 heteroatoms. The SMILES string of the molecule is COc1ccc2[nH]cc(C3=CCN(C(=O)COc4ccc(Cl)cc4)CC3)c2c1. The minimum atomic E-state index is -0.0224. The first-order valence-electron chi connectivity index (χ1n) is 9.15. The number of methoxy groups -OCH3 is 1. The lowest BCUT2D eigenvalue weighted by atomic mass is 9.99. The molecule has 1 aliphatic rings. The molecule has 0 fully saturated rings. The van der Waals surface area contributed by atoms with Gasteiger partial charge in [0.25, 0.3) is 5.91 Å². The van der Waals surface area contributed by atoms with Crippen LogP contribution in [-0.2, 0) is 4.79 Å². The smallest absolute Gasteiger partial charge is 0.260 e. The highest BCUT2D eigenvalue weighted by atomic mass is 35.5. The fraction of sp³-hybridized carbons (Fsp3) is 0.227. The topological polar surface area (TPSA) is 54.6 Å². The lowest BCUT2D eigenvalue weighted by Crippen LogP contribution is -2.37. The zero-order chi connectivity index (χ0) is 19.5. The number of nitrogens with one attached hydrogen (secondary N) is 1. The van der Waals surface area contributed by atoms with Crippen molar-refractivity contribution in [2.24, 2.45) is 0 Å². The van der Waals surface area contributed by atoms with E-state index in [1.807, 2.05) is 29.3 Å². The average molecular weight is 397 g/mol. The van der Waals surface area contributed by atoms with E-state index in [1.54, 1.807) is 31.4 Å². The van der Waals surface area contributed by atoms with Crippen molar-refractivity contribution in [1.29, 1.82) is 0 Å². The van der Waals surface area contributed by atoms with Crippen molar-refractivity contribution in [2.75, 3.05) is 26.8 Å². The molecular formula is C22H21ClN2O3. The molecule has 0 saturated heterocycles. The fourth-order valence-corrected chi connectivity index (χ4v) is 3.53. The normalized spacial score (nSPS) is 14.1. The van der Waals surface area contributed by atoms with Crippen molar-refractivity contribution in [1.82, 2.24) is 9.88 Å². The van der Waals surface area contributed by atoms with Crippen molar-refractivity contribution in [3.63, 3.8) is 0 Å². The second kappa shape index (κ2) is 7.98. The van der Waals surface area contributed by atoms with Gasteiger partial charge in [-0.2, -0.15) is 0 Å². The molecule has 1 amide bonds. The van der Waals surface area contributed by atoms with Crippen molar-refractivity contribution in [3.05, 3.63) is 65.3 Å². The van der Waals surface area contributed by atoms with Gasteiger partial charge in [-0.05, 0) is 54.5 Å². The Hall–Kier alpha value is -2.92. The number of hydrogen-bond donors (Lipinski definition) is 1. The predicted octanol–water partition coefficient (Wildman–Crippen LogP) is 4.52. The van der Waals surface area contributed by atoms with Crippen molar-refractivity contribution in [2.45, 2.75) is 6.42 Å². The van der Waals surface area contributed by atoms with E-state index >= 15 is 0 Å². The number of H-pyrrole nitrogens is 1. The van der Waals surface area contributed by atoms with Crippen LogP contribution in [0.5, 0.6) is 11.5 Å². The van der Waals surface area contributed by atoms with Crippen LogP contribution in [0.4, 0.5) is 0 Å². The van der Waals surface area contributed by atoms with Gasteiger partial charge in [-0.15, -0.1) is 0 Å². The molecule has 28 heavy (non-hydrogen) atoms.